The topological polar surface area (TPSA) is 29.1 Å². The van der Waals surface area contributed by atoms with E-state index in [1.165, 1.54) is 0 Å². The number of benzene rings is 2. The van der Waals surface area contributed by atoms with Gasteiger partial charge in [0.15, 0.2) is 8.46 Å². The average Bonchev–Trinajstić information content (AvgIpc) is 2.42. The quantitative estimate of drug-likeness (QED) is 0.819. The highest BCUT2D eigenvalue weighted by Crippen LogP contribution is 2.34. The molecule has 0 spiro atoms. The lowest BCUT2D eigenvalue weighted by molar-refractivity contribution is 0.595. The van der Waals surface area contributed by atoms with Crippen LogP contribution in [0.15, 0.2) is 54.6 Å². The van der Waals surface area contributed by atoms with Gasteiger partial charge in [-0.3, -0.25) is 4.57 Å². The van der Waals surface area contributed by atoms with Crippen molar-refractivity contribution < 1.29 is 4.57 Å². The highest BCUT2D eigenvalue weighted by Gasteiger charge is 2.13. The molecule has 0 amide bonds. The summed E-state index contributed by atoms with van der Waals surface area (Å²) in [4.78, 5) is 0. The molecule has 0 bridgehead atoms. The standard InChI is InChI=1S/C14H14NOP/c1-15-13-9-7-12(8-10-13)14(17-16)11-5-3-2-4-6-11/h2-10,14-15H,1H3. The third kappa shape index (κ3) is 2.72. The van der Waals surface area contributed by atoms with E-state index in [-0.39, 0.29) is 14.1 Å². The summed E-state index contributed by atoms with van der Waals surface area (Å²) in [5, 5.41) is 3.07. The molecule has 1 N–H and O–H groups in total. The largest absolute Gasteiger partial charge is 0.388 e. The maximum Gasteiger partial charge on any atom is 0.168 e. The molecule has 2 nitrogen and oxygen atoms in total. The molecule has 0 radical (unpaired) electrons. The number of hydrogen-bond acceptors (Lipinski definition) is 2. The molecule has 1 atom stereocenters. The first-order chi connectivity index (χ1) is 8.35. The summed E-state index contributed by atoms with van der Waals surface area (Å²) in [5.74, 6) is 0. The first-order valence-electron chi connectivity index (χ1n) is 5.50. The van der Waals surface area contributed by atoms with Crippen LogP contribution in [0.4, 0.5) is 5.69 Å². The minimum absolute atomic E-state index is 0.0814. The Morgan fingerprint density at radius 2 is 1.53 bits per heavy atom. The maximum absolute atomic E-state index is 11.3. The molecule has 0 aliphatic carbocycles. The zero-order valence-corrected chi connectivity index (χ0v) is 10.5. The molecule has 0 fully saturated rings. The Kier molecular flexibility index (Phi) is 3.89. The third-order valence-corrected chi connectivity index (χ3v) is 3.54. The molecule has 0 aliphatic heterocycles. The second-order valence-electron chi connectivity index (χ2n) is 3.79. The van der Waals surface area contributed by atoms with Crippen LogP contribution in [0.3, 0.4) is 0 Å². The summed E-state index contributed by atoms with van der Waals surface area (Å²) >= 11 is 0. The van der Waals surface area contributed by atoms with E-state index in [2.05, 4.69) is 5.32 Å². The summed E-state index contributed by atoms with van der Waals surface area (Å²) in [6, 6.07) is 17.9. The van der Waals surface area contributed by atoms with Crippen molar-refractivity contribution in [1.82, 2.24) is 0 Å². The lowest BCUT2D eigenvalue weighted by Gasteiger charge is -2.10. The lowest BCUT2D eigenvalue weighted by Crippen LogP contribution is -1.94. The van der Waals surface area contributed by atoms with E-state index in [0.29, 0.717) is 0 Å². The molecule has 17 heavy (non-hydrogen) atoms. The Labute approximate surface area is 103 Å². The fourth-order valence-electron chi connectivity index (χ4n) is 1.78. The Balaban J connectivity index is 2.32. The van der Waals surface area contributed by atoms with Gasteiger partial charge >= 0.3 is 0 Å². The van der Waals surface area contributed by atoms with Gasteiger partial charge in [-0.2, -0.15) is 0 Å². The van der Waals surface area contributed by atoms with Crippen LogP contribution in [-0.2, 0) is 4.57 Å². The van der Waals surface area contributed by atoms with Crippen LogP contribution < -0.4 is 5.32 Å². The smallest absolute Gasteiger partial charge is 0.168 e. The molecular weight excluding hydrogens is 229 g/mol. The van der Waals surface area contributed by atoms with Crippen LogP contribution in [0.2, 0.25) is 0 Å². The van der Waals surface area contributed by atoms with E-state index in [9.17, 15) is 4.57 Å². The van der Waals surface area contributed by atoms with Gasteiger partial charge in [0.1, 0.15) is 0 Å². The molecular formula is C14H14NOP. The predicted octanol–water partition coefficient (Wildman–Crippen LogP) is 4.11. The second kappa shape index (κ2) is 5.60. The van der Waals surface area contributed by atoms with E-state index >= 15 is 0 Å². The molecule has 0 aromatic heterocycles. The van der Waals surface area contributed by atoms with Gasteiger partial charge in [-0.25, -0.2) is 0 Å². The van der Waals surface area contributed by atoms with E-state index in [1.54, 1.807) is 0 Å². The minimum atomic E-state index is -0.0814. The predicted molar refractivity (Wildman–Crippen MR) is 71.9 cm³/mol. The Hall–Kier alpha value is -1.66. The van der Waals surface area contributed by atoms with Gasteiger partial charge in [-0.1, -0.05) is 42.5 Å². The van der Waals surface area contributed by atoms with Gasteiger partial charge in [0.05, 0.1) is 5.66 Å². The van der Waals surface area contributed by atoms with E-state index in [0.717, 1.165) is 16.8 Å². The van der Waals surface area contributed by atoms with Gasteiger partial charge in [-0.15, -0.1) is 0 Å². The number of nitrogens with one attached hydrogen (secondary N) is 1. The molecule has 0 aliphatic rings. The summed E-state index contributed by atoms with van der Waals surface area (Å²) in [6.45, 7) is 0. The van der Waals surface area contributed by atoms with Crippen molar-refractivity contribution in [2.24, 2.45) is 0 Å². The van der Waals surface area contributed by atoms with Crippen LogP contribution in [-0.4, -0.2) is 7.05 Å². The Bertz CT molecular complexity index is 481. The van der Waals surface area contributed by atoms with Crippen molar-refractivity contribution in [3.63, 3.8) is 0 Å². The molecule has 0 saturated heterocycles. The van der Waals surface area contributed by atoms with Gasteiger partial charge < -0.3 is 5.32 Å². The highest BCUT2D eigenvalue weighted by molar-refractivity contribution is 7.24. The molecule has 2 aromatic carbocycles. The fourth-order valence-corrected chi connectivity index (χ4v) is 2.37. The second-order valence-corrected chi connectivity index (χ2v) is 4.52. The maximum atomic E-state index is 11.3. The van der Waals surface area contributed by atoms with Crippen LogP contribution in [0.25, 0.3) is 0 Å². The van der Waals surface area contributed by atoms with Crippen molar-refractivity contribution in [2.45, 2.75) is 5.66 Å². The van der Waals surface area contributed by atoms with Crippen molar-refractivity contribution in [3.05, 3.63) is 65.7 Å². The average molecular weight is 243 g/mol. The van der Waals surface area contributed by atoms with Gasteiger partial charge in [0.2, 0.25) is 0 Å². The zero-order chi connectivity index (χ0) is 12.1. The fraction of sp³-hybridized carbons (Fsp3) is 0.143. The summed E-state index contributed by atoms with van der Waals surface area (Å²) in [5.41, 5.74) is 3.11. The van der Waals surface area contributed by atoms with E-state index in [4.69, 9.17) is 0 Å². The monoisotopic (exact) mass is 243 g/mol. The Morgan fingerprint density at radius 3 is 2.06 bits per heavy atom. The van der Waals surface area contributed by atoms with Gasteiger partial charge in [-0.05, 0) is 23.3 Å². The Morgan fingerprint density at radius 1 is 0.941 bits per heavy atom. The number of hydrogen-bond donors (Lipinski definition) is 1. The summed E-state index contributed by atoms with van der Waals surface area (Å²) in [6.07, 6.45) is 0. The first-order valence-corrected chi connectivity index (χ1v) is 6.38. The third-order valence-electron chi connectivity index (χ3n) is 2.74. The molecule has 1 unspecified atom stereocenters. The van der Waals surface area contributed by atoms with Crippen LogP contribution in [0.5, 0.6) is 0 Å². The molecule has 3 heteroatoms. The van der Waals surface area contributed by atoms with Crippen LogP contribution in [0, 0.1) is 0 Å². The van der Waals surface area contributed by atoms with Gasteiger partial charge in [0, 0.05) is 12.7 Å². The molecule has 86 valence electrons. The SMILES string of the molecule is CNc1ccc(C(P=O)c2ccccc2)cc1. The van der Waals surface area contributed by atoms with Crippen molar-refractivity contribution in [3.8, 4) is 0 Å². The van der Waals surface area contributed by atoms with Gasteiger partial charge in [0.25, 0.3) is 0 Å². The number of anilines is 1. The summed E-state index contributed by atoms with van der Waals surface area (Å²) < 4.78 is 11.3. The van der Waals surface area contributed by atoms with Crippen molar-refractivity contribution in [1.29, 1.82) is 0 Å². The van der Waals surface area contributed by atoms with E-state index in [1.807, 2.05) is 61.6 Å². The first kappa shape index (κ1) is 11.8. The molecule has 0 saturated carbocycles. The van der Waals surface area contributed by atoms with E-state index < -0.39 is 0 Å². The number of rotatable bonds is 4. The zero-order valence-electron chi connectivity index (χ0n) is 9.63. The molecule has 0 heterocycles. The normalized spacial score (nSPS) is 12.3. The molecule has 2 aromatic rings. The lowest BCUT2D eigenvalue weighted by atomic mass is 10.0. The van der Waals surface area contributed by atoms with Crippen LogP contribution in [0.1, 0.15) is 16.8 Å². The van der Waals surface area contributed by atoms with Crippen LogP contribution >= 0.6 is 8.46 Å². The van der Waals surface area contributed by atoms with Crippen molar-refractivity contribution in [2.75, 3.05) is 12.4 Å². The minimum Gasteiger partial charge on any atom is -0.388 e. The summed E-state index contributed by atoms with van der Waals surface area (Å²) in [7, 11) is 2.01. The molecule has 2 rings (SSSR count). The van der Waals surface area contributed by atoms with Crippen molar-refractivity contribution >= 4 is 14.1 Å². The highest BCUT2D eigenvalue weighted by atomic mass is 31.1.